The molecule has 1 amide bonds. The predicted molar refractivity (Wildman–Crippen MR) is 120 cm³/mol. The van der Waals surface area contributed by atoms with Gasteiger partial charge in [0.2, 0.25) is 5.91 Å². The van der Waals surface area contributed by atoms with Gasteiger partial charge in [-0.3, -0.25) is 9.69 Å². The Morgan fingerprint density at radius 1 is 1.06 bits per heavy atom. The number of carbonyl (C=O) groups excluding carboxylic acids is 1. The molecular formula is C23H29N5O4. The Kier molecular flexibility index (Phi) is 7.67. The van der Waals surface area contributed by atoms with Crippen molar-refractivity contribution in [2.75, 3.05) is 34.9 Å². The molecule has 170 valence electrons. The fourth-order valence-corrected chi connectivity index (χ4v) is 3.35. The molecule has 1 atom stereocenters. The van der Waals surface area contributed by atoms with Crippen LogP contribution in [0.3, 0.4) is 0 Å². The van der Waals surface area contributed by atoms with E-state index in [4.69, 9.17) is 14.2 Å². The van der Waals surface area contributed by atoms with E-state index in [1.165, 1.54) is 6.33 Å². The molecule has 0 saturated heterocycles. The topological polar surface area (TPSA) is 90.7 Å². The highest BCUT2D eigenvalue weighted by atomic mass is 16.5. The van der Waals surface area contributed by atoms with E-state index < -0.39 is 0 Å². The van der Waals surface area contributed by atoms with Gasteiger partial charge in [0.25, 0.3) is 0 Å². The Morgan fingerprint density at radius 2 is 1.72 bits per heavy atom. The van der Waals surface area contributed by atoms with Gasteiger partial charge in [0, 0.05) is 24.2 Å². The highest BCUT2D eigenvalue weighted by Gasteiger charge is 2.17. The van der Waals surface area contributed by atoms with Gasteiger partial charge in [0.05, 0.1) is 33.6 Å². The minimum absolute atomic E-state index is 0.0566. The number of amides is 1. The van der Waals surface area contributed by atoms with Crippen LogP contribution in [0.2, 0.25) is 0 Å². The number of nitrogens with zero attached hydrogens (tertiary/aromatic N) is 4. The van der Waals surface area contributed by atoms with E-state index >= 15 is 0 Å². The molecule has 0 aliphatic carbocycles. The molecule has 9 heteroatoms. The quantitative estimate of drug-likeness (QED) is 0.519. The van der Waals surface area contributed by atoms with Gasteiger partial charge in [0.15, 0.2) is 11.5 Å². The average molecular weight is 440 g/mol. The third-order valence-electron chi connectivity index (χ3n) is 5.38. The molecule has 0 radical (unpaired) electrons. The molecule has 1 heterocycles. The molecule has 1 aromatic heterocycles. The molecule has 0 bridgehead atoms. The van der Waals surface area contributed by atoms with Crippen LogP contribution in [-0.2, 0) is 11.3 Å². The number of carbonyl (C=O) groups is 1. The van der Waals surface area contributed by atoms with Gasteiger partial charge in [0.1, 0.15) is 18.4 Å². The zero-order valence-electron chi connectivity index (χ0n) is 19.0. The second kappa shape index (κ2) is 10.6. The maximum atomic E-state index is 12.6. The molecule has 32 heavy (non-hydrogen) atoms. The molecule has 0 spiro atoms. The predicted octanol–water partition coefficient (Wildman–Crippen LogP) is 2.60. The number of methoxy groups -OCH3 is 3. The van der Waals surface area contributed by atoms with Gasteiger partial charge in [-0.25, -0.2) is 9.67 Å². The summed E-state index contributed by atoms with van der Waals surface area (Å²) in [6.07, 6.45) is 3.16. The monoisotopic (exact) mass is 439 g/mol. The Hall–Kier alpha value is -3.59. The van der Waals surface area contributed by atoms with Crippen molar-refractivity contribution >= 4 is 5.91 Å². The van der Waals surface area contributed by atoms with Crippen molar-refractivity contribution in [1.82, 2.24) is 25.0 Å². The minimum atomic E-state index is -0.0876. The number of likely N-dealkylation sites (N-methyl/N-ethyl adjacent to an activating group) is 1. The lowest BCUT2D eigenvalue weighted by molar-refractivity contribution is -0.122. The lowest BCUT2D eigenvalue weighted by Gasteiger charge is -2.24. The maximum absolute atomic E-state index is 12.6. The summed E-state index contributed by atoms with van der Waals surface area (Å²) in [6.45, 7) is 2.63. The van der Waals surface area contributed by atoms with Crippen molar-refractivity contribution in [1.29, 1.82) is 0 Å². The van der Waals surface area contributed by atoms with Gasteiger partial charge >= 0.3 is 0 Å². The Bertz CT molecular complexity index is 1020. The van der Waals surface area contributed by atoms with Crippen molar-refractivity contribution in [2.45, 2.75) is 19.5 Å². The fraction of sp³-hybridized carbons (Fsp3) is 0.348. The minimum Gasteiger partial charge on any atom is -0.496 e. The summed E-state index contributed by atoms with van der Waals surface area (Å²) < 4.78 is 17.8. The van der Waals surface area contributed by atoms with E-state index in [2.05, 4.69) is 22.3 Å². The first kappa shape index (κ1) is 23.1. The highest BCUT2D eigenvalue weighted by Crippen LogP contribution is 2.34. The number of benzene rings is 2. The van der Waals surface area contributed by atoms with E-state index in [0.29, 0.717) is 23.8 Å². The first-order valence-corrected chi connectivity index (χ1v) is 10.2. The van der Waals surface area contributed by atoms with Crippen molar-refractivity contribution < 1.29 is 19.0 Å². The van der Waals surface area contributed by atoms with E-state index in [9.17, 15) is 4.79 Å². The zero-order valence-corrected chi connectivity index (χ0v) is 19.0. The number of aromatic nitrogens is 3. The van der Waals surface area contributed by atoms with Crippen LogP contribution < -0.4 is 19.5 Å². The van der Waals surface area contributed by atoms with E-state index in [-0.39, 0.29) is 18.5 Å². The smallest absolute Gasteiger partial charge is 0.234 e. The van der Waals surface area contributed by atoms with Crippen molar-refractivity contribution in [3.8, 4) is 22.9 Å². The van der Waals surface area contributed by atoms with Crippen LogP contribution in [0.4, 0.5) is 0 Å². The first-order chi connectivity index (χ1) is 15.5. The Labute approximate surface area is 187 Å². The van der Waals surface area contributed by atoms with E-state index in [0.717, 1.165) is 16.8 Å². The summed E-state index contributed by atoms with van der Waals surface area (Å²) in [5, 5.41) is 7.08. The number of rotatable bonds is 10. The molecule has 2 aromatic carbocycles. The highest BCUT2D eigenvalue weighted by molar-refractivity contribution is 5.78. The molecule has 0 unspecified atom stereocenters. The summed E-state index contributed by atoms with van der Waals surface area (Å²) in [4.78, 5) is 18.5. The third-order valence-corrected chi connectivity index (χ3v) is 5.38. The standard InChI is InChI=1S/C23H29N5O4/c1-16(17-6-8-19(9-7-17)28-15-24-14-26-28)27(2)13-23(29)25-12-18-10-21(31-4)22(32-5)11-20(18)30-3/h6-11,14-16H,12-13H2,1-5H3,(H,25,29)/t16-/m1/s1. The van der Waals surface area contributed by atoms with E-state index in [1.54, 1.807) is 44.5 Å². The fourth-order valence-electron chi connectivity index (χ4n) is 3.35. The normalized spacial score (nSPS) is 11.8. The van der Waals surface area contributed by atoms with Crippen LogP contribution >= 0.6 is 0 Å². The van der Waals surface area contributed by atoms with Crippen LogP contribution in [0.5, 0.6) is 17.2 Å². The van der Waals surface area contributed by atoms with Crippen molar-refractivity contribution in [3.63, 3.8) is 0 Å². The summed E-state index contributed by atoms with van der Waals surface area (Å²) >= 11 is 0. The number of hydrogen-bond donors (Lipinski definition) is 1. The Balaban J connectivity index is 1.59. The second-order valence-corrected chi connectivity index (χ2v) is 7.32. The molecule has 0 aliphatic heterocycles. The molecule has 0 fully saturated rings. The maximum Gasteiger partial charge on any atom is 0.234 e. The number of nitrogens with one attached hydrogen (secondary N) is 1. The second-order valence-electron chi connectivity index (χ2n) is 7.32. The first-order valence-electron chi connectivity index (χ1n) is 10.2. The van der Waals surface area contributed by atoms with Gasteiger partial charge in [-0.2, -0.15) is 5.10 Å². The summed E-state index contributed by atoms with van der Waals surface area (Å²) in [7, 11) is 6.64. The van der Waals surface area contributed by atoms with Crippen LogP contribution in [0.25, 0.3) is 5.69 Å². The average Bonchev–Trinajstić information content (AvgIpc) is 3.36. The number of ether oxygens (including phenoxy) is 3. The number of hydrogen-bond acceptors (Lipinski definition) is 7. The lowest BCUT2D eigenvalue weighted by Crippen LogP contribution is -2.36. The van der Waals surface area contributed by atoms with Gasteiger partial charge < -0.3 is 19.5 Å². The molecular weight excluding hydrogens is 410 g/mol. The lowest BCUT2D eigenvalue weighted by atomic mass is 10.1. The Morgan fingerprint density at radius 3 is 2.31 bits per heavy atom. The SMILES string of the molecule is COc1cc(OC)c(OC)cc1CNC(=O)CN(C)[C@H](C)c1ccc(-n2cncn2)cc1. The zero-order chi connectivity index (χ0) is 23.1. The molecule has 0 aliphatic rings. The van der Waals surface area contributed by atoms with E-state index in [1.807, 2.05) is 36.2 Å². The summed E-state index contributed by atoms with van der Waals surface area (Å²) in [5.74, 6) is 1.69. The largest absolute Gasteiger partial charge is 0.496 e. The van der Waals surface area contributed by atoms with Gasteiger partial charge in [-0.1, -0.05) is 12.1 Å². The molecule has 0 saturated carbocycles. The van der Waals surface area contributed by atoms with Crippen LogP contribution in [0, 0.1) is 0 Å². The molecule has 3 rings (SSSR count). The van der Waals surface area contributed by atoms with Crippen molar-refractivity contribution in [2.24, 2.45) is 0 Å². The van der Waals surface area contributed by atoms with Crippen LogP contribution in [-0.4, -0.2) is 60.5 Å². The van der Waals surface area contributed by atoms with Gasteiger partial charge in [-0.15, -0.1) is 0 Å². The molecule has 9 nitrogen and oxygen atoms in total. The third kappa shape index (κ3) is 5.36. The van der Waals surface area contributed by atoms with Crippen molar-refractivity contribution in [3.05, 3.63) is 60.2 Å². The summed E-state index contributed by atoms with van der Waals surface area (Å²) in [5.41, 5.74) is 2.84. The molecule has 1 N–H and O–H groups in total. The molecule has 3 aromatic rings. The van der Waals surface area contributed by atoms with Crippen LogP contribution in [0.1, 0.15) is 24.1 Å². The summed E-state index contributed by atoms with van der Waals surface area (Å²) in [6, 6.07) is 11.6. The van der Waals surface area contributed by atoms with Gasteiger partial charge in [-0.05, 0) is 37.7 Å². The van der Waals surface area contributed by atoms with Crippen LogP contribution in [0.15, 0.2) is 49.1 Å².